The van der Waals surface area contributed by atoms with Crippen molar-refractivity contribution in [3.63, 3.8) is 0 Å². The SMILES string of the molecule is COc1ncc(O)c(OC)c1C(F)F. The molecule has 0 amide bonds. The zero-order chi connectivity index (χ0) is 10.7. The Morgan fingerprint density at radius 1 is 1.36 bits per heavy atom. The van der Waals surface area contributed by atoms with Gasteiger partial charge in [-0.25, -0.2) is 13.8 Å². The van der Waals surface area contributed by atoms with Gasteiger partial charge in [-0.1, -0.05) is 0 Å². The van der Waals surface area contributed by atoms with E-state index in [2.05, 4.69) is 14.5 Å². The zero-order valence-electron chi connectivity index (χ0n) is 7.62. The first kappa shape index (κ1) is 10.5. The van der Waals surface area contributed by atoms with E-state index in [0.717, 1.165) is 6.20 Å². The number of alkyl halides is 2. The lowest BCUT2D eigenvalue weighted by atomic mass is 10.2. The number of hydrogen-bond donors (Lipinski definition) is 1. The van der Waals surface area contributed by atoms with Crippen molar-refractivity contribution in [2.75, 3.05) is 14.2 Å². The third-order valence-electron chi connectivity index (χ3n) is 1.63. The third-order valence-corrected chi connectivity index (χ3v) is 1.63. The molecule has 0 aliphatic heterocycles. The molecule has 1 rings (SSSR count). The van der Waals surface area contributed by atoms with Crippen LogP contribution in [0.2, 0.25) is 0 Å². The molecule has 0 aliphatic carbocycles. The monoisotopic (exact) mass is 205 g/mol. The second-order valence-corrected chi connectivity index (χ2v) is 2.40. The summed E-state index contributed by atoms with van der Waals surface area (Å²) in [6, 6.07) is 0. The number of rotatable bonds is 3. The zero-order valence-corrected chi connectivity index (χ0v) is 7.62. The van der Waals surface area contributed by atoms with Crippen molar-refractivity contribution < 1.29 is 23.4 Å². The van der Waals surface area contributed by atoms with Crippen LogP contribution >= 0.6 is 0 Å². The van der Waals surface area contributed by atoms with Crippen molar-refractivity contribution in [1.82, 2.24) is 4.98 Å². The van der Waals surface area contributed by atoms with Crippen LogP contribution in [0.1, 0.15) is 12.0 Å². The topological polar surface area (TPSA) is 51.6 Å². The Balaban J connectivity index is 3.36. The van der Waals surface area contributed by atoms with Crippen molar-refractivity contribution >= 4 is 0 Å². The van der Waals surface area contributed by atoms with E-state index in [0.29, 0.717) is 0 Å². The van der Waals surface area contributed by atoms with E-state index in [9.17, 15) is 13.9 Å². The fourth-order valence-electron chi connectivity index (χ4n) is 1.05. The van der Waals surface area contributed by atoms with E-state index in [1.807, 2.05) is 0 Å². The number of hydrogen-bond acceptors (Lipinski definition) is 4. The molecule has 0 bridgehead atoms. The van der Waals surface area contributed by atoms with Crippen molar-refractivity contribution in [2.24, 2.45) is 0 Å². The smallest absolute Gasteiger partial charge is 0.272 e. The second-order valence-electron chi connectivity index (χ2n) is 2.40. The number of nitrogens with zero attached hydrogens (tertiary/aromatic N) is 1. The maximum Gasteiger partial charge on any atom is 0.272 e. The summed E-state index contributed by atoms with van der Waals surface area (Å²) >= 11 is 0. The Kier molecular flexibility index (Phi) is 3.06. The quantitative estimate of drug-likeness (QED) is 0.816. The molecular formula is C8H9F2NO3. The van der Waals surface area contributed by atoms with Gasteiger partial charge in [-0.3, -0.25) is 0 Å². The lowest BCUT2D eigenvalue weighted by molar-refractivity contribution is 0.140. The van der Waals surface area contributed by atoms with E-state index in [1.54, 1.807) is 0 Å². The molecule has 14 heavy (non-hydrogen) atoms. The van der Waals surface area contributed by atoms with Gasteiger partial charge < -0.3 is 14.6 Å². The van der Waals surface area contributed by atoms with E-state index in [4.69, 9.17) is 0 Å². The molecule has 0 aromatic carbocycles. The Bertz CT molecular complexity index is 331. The molecule has 78 valence electrons. The highest BCUT2D eigenvalue weighted by atomic mass is 19.3. The predicted molar refractivity (Wildman–Crippen MR) is 44.0 cm³/mol. The van der Waals surface area contributed by atoms with E-state index in [1.165, 1.54) is 14.2 Å². The average Bonchev–Trinajstić information content (AvgIpc) is 2.17. The molecule has 1 aromatic rings. The molecule has 0 atom stereocenters. The first-order chi connectivity index (χ1) is 6.61. The van der Waals surface area contributed by atoms with Gasteiger partial charge in [0.15, 0.2) is 11.5 Å². The summed E-state index contributed by atoms with van der Waals surface area (Å²) in [5.74, 6) is -1.01. The summed E-state index contributed by atoms with van der Waals surface area (Å²) in [5, 5.41) is 9.18. The first-order valence-corrected chi connectivity index (χ1v) is 3.69. The highest BCUT2D eigenvalue weighted by Gasteiger charge is 2.23. The van der Waals surface area contributed by atoms with Gasteiger partial charge in [-0.2, -0.15) is 0 Å². The van der Waals surface area contributed by atoms with E-state index >= 15 is 0 Å². The highest BCUT2D eigenvalue weighted by Crippen LogP contribution is 2.40. The molecule has 1 N–H and O–H groups in total. The van der Waals surface area contributed by atoms with Crippen LogP contribution in [0.15, 0.2) is 6.20 Å². The van der Waals surface area contributed by atoms with Gasteiger partial charge in [0.05, 0.1) is 20.4 Å². The van der Waals surface area contributed by atoms with Crippen LogP contribution in [0.4, 0.5) is 8.78 Å². The van der Waals surface area contributed by atoms with Crippen LogP contribution in [-0.4, -0.2) is 24.3 Å². The number of halogens is 2. The van der Waals surface area contributed by atoms with Gasteiger partial charge in [-0.15, -0.1) is 0 Å². The minimum Gasteiger partial charge on any atom is -0.503 e. The fourth-order valence-corrected chi connectivity index (χ4v) is 1.05. The van der Waals surface area contributed by atoms with Gasteiger partial charge in [-0.05, 0) is 0 Å². The molecule has 0 aliphatic rings. The van der Waals surface area contributed by atoms with E-state index < -0.39 is 17.7 Å². The summed E-state index contributed by atoms with van der Waals surface area (Å²) in [6.07, 6.45) is -1.83. The molecule has 0 fully saturated rings. The number of aromatic nitrogens is 1. The number of methoxy groups -OCH3 is 2. The average molecular weight is 205 g/mol. The van der Waals surface area contributed by atoms with Gasteiger partial charge in [0.2, 0.25) is 5.88 Å². The lowest BCUT2D eigenvalue weighted by Crippen LogP contribution is -1.99. The Morgan fingerprint density at radius 2 is 2.00 bits per heavy atom. The van der Waals surface area contributed by atoms with Crippen molar-refractivity contribution in [3.05, 3.63) is 11.8 Å². The van der Waals surface area contributed by atoms with Gasteiger partial charge >= 0.3 is 0 Å². The summed E-state index contributed by atoms with van der Waals surface area (Å²) in [5.41, 5.74) is -0.546. The standard InChI is InChI=1S/C8H9F2NO3/c1-13-6-4(12)3-11-8(14-2)5(6)7(9)10/h3,7,12H,1-2H3. The van der Waals surface area contributed by atoms with Gasteiger partial charge in [0, 0.05) is 0 Å². The van der Waals surface area contributed by atoms with Crippen LogP contribution in [0.5, 0.6) is 17.4 Å². The first-order valence-electron chi connectivity index (χ1n) is 3.69. The minimum atomic E-state index is -2.82. The van der Waals surface area contributed by atoms with Crippen LogP contribution in [-0.2, 0) is 0 Å². The van der Waals surface area contributed by atoms with Gasteiger partial charge in [0.1, 0.15) is 5.56 Å². The molecule has 0 saturated carbocycles. The number of pyridine rings is 1. The third kappa shape index (κ3) is 1.68. The molecule has 0 radical (unpaired) electrons. The molecular weight excluding hydrogens is 196 g/mol. The Hall–Kier alpha value is -1.59. The maximum absolute atomic E-state index is 12.5. The molecule has 1 aromatic heterocycles. The van der Waals surface area contributed by atoms with Crippen LogP contribution in [0.3, 0.4) is 0 Å². The summed E-state index contributed by atoms with van der Waals surface area (Å²) in [7, 11) is 2.39. The lowest BCUT2D eigenvalue weighted by Gasteiger charge is -2.11. The van der Waals surface area contributed by atoms with Crippen LogP contribution < -0.4 is 9.47 Å². The van der Waals surface area contributed by atoms with Crippen molar-refractivity contribution in [1.29, 1.82) is 0 Å². The minimum absolute atomic E-state index is 0.255. The number of aromatic hydroxyl groups is 1. The summed E-state index contributed by atoms with van der Waals surface area (Å²) < 4.78 is 34.3. The molecule has 0 saturated heterocycles. The fraction of sp³-hybridized carbons (Fsp3) is 0.375. The summed E-state index contributed by atoms with van der Waals surface area (Å²) in [6.45, 7) is 0. The highest BCUT2D eigenvalue weighted by molar-refractivity contribution is 5.49. The normalized spacial score (nSPS) is 10.4. The number of ether oxygens (including phenoxy) is 2. The molecule has 0 unspecified atom stereocenters. The molecule has 6 heteroatoms. The van der Waals surface area contributed by atoms with E-state index in [-0.39, 0.29) is 11.6 Å². The second kappa shape index (κ2) is 4.08. The Morgan fingerprint density at radius 3 is 2.43 bits per heavy atom. The molecule has 0 spiro atoms. The molecule has 4 nitrogen and oxygen atoms in total. The largest absolute Gasteiger partial charge is 0.503 e. The summed E-state index contributed by atoms with van der Waals surface area (Å²) in [4.78, 5) is 3.49. The van der Waals surface area contributed by atoms with Gasteiger partial charge in [0.25, 0.3) is 6.43 Å². The van der Waals surface area contributed by atoms with Crippen LogP contribution in [0, 0.1) is 0 Å². The molecule has 1 heterocycles. The van der Waals surface area contributed by atoms with Crippen LogP contribution in [0.25, 0.3) is 0 Å². The van der Waals surface area contributed by atoms with Crippen molar-refractivity contribution in [3.8, 4) is 17.4 Å². The maximum atomic E-state index is 12.5. The van der Waals surface area contributed by atoms with Crippen molar-refractivity contribution in [2.45, 2.75) is 6.43 Å². The Labute approximate surface area is 79.1 Å². The predicted octanol–water partition coefficient (Wildman–Crippen LogP) is 1.74.